The van der Waals surface area contributed by atoms with Crippen molar-refractivity contribution in [3.63, 3.8) is 0 Å². The van der Waals surface area contributed by atoms with Crippen molar-refractivity contribution in [2.45, 2.75) is 65.1 Å². The molecule has 1 aromatic rings. The van der Waals surface area contributed by atoms with E-state index >= 15 is 0 Å². The van der Waals surface area contributed by atoms with Crippen molar-refractivity contribution in [1.29, 1.82) is 10.5 Å². The third-order valence-corrected chi connectivity index (χ3v) is 5.90. The molecule has 0 aromatic carbocycles. The Labute approximate surface area is 197 Å². The zero-order valence-corrected chi connectivity index (χ0v) is 20.7. The van der Waals surface area contributed by atoms with Crippen molar-refractivity contribution in [3.05, 3.63) is 22.4 Å². The normalized spacial score (nSPS) is 15.9. The van der Waals surface area contributed by atoms with Crippen LogP contribution in [0.2, 0.25) is 0 Å². The molecule has 180 valence electrons. The number of carbonyl (C=O) groups is 1. The van der Waals surface area contributed by atoms with Gasteiger partial charge in [-0.3, -0.25) is 0 Å². The van der Waals surface area contributed by atoms with E-state index in [-0.39, 0.29) is 6.54 Å². The quantitative estimate of drug-likeness (QED) is 0.641. The van der Waals surface area contributed by atoms with Gasteiger partial charge in [0.05, 0.1) is 22.4 Å². The van der Waals surface area contributed by atoms with Crippen LogP contribution in [0.4, 0.5) is 10.6 Å². The third kappa shape index (κ3) is 7.05. The van der Waals surface area contributed by atoms with Gasteiger partial charge in [-0.05, 0) is 52.5 Å². The summed E-state index contributed by atoms with van der Waals surface area (Å²) >= 11 is 0. The summed E-state index contributed by atoms with van der Waals surface area (Å²) in [6.07, 6.45) is 1.16. The van der Waals surface area contributed by atoms with E-state index in [0.29, 0.717) is 61.5 Å². The first-order valence-corrected chi connectivity index (χ1v) is 11.4. The van der Waals surface area contributed by atoms with Gasteiger partial charge >= 0.3 is 6.09 Å². The molecular formula is C24H36N6O3. The summed E-state index contributed by atoms with van der Waals surface area (Å²) in [7, 11) is 1.90. The lowest BCUT2D eigenvalue weighted by Crippen LogP contribution is -2.52. The van der Waals surface area contributed by atoms with E-state index in [1.165, 1.54) is 0 Å². The first-order valence-electron chi connectivity index (χ1n) is 11.4. The molecule has 1 fully saturated rings. The van der Waals surface area contributed by atoms with Crippen molar-refractivity contribution >= 4 is 11.9 Å². The lowest BCUT2D eigenvalue weighted by Gasteiger charge is -2.39. The Hall–Kier alpha value is -2.88. The van der Waals surface area contributed by atoms with Crippen molar-refractivity contribution < 1.29 is 14.6 Å². The smallest absolute Gasteiger partial charge is 0.407 e. The second-order valence-corrected chi connectivity index (χ2v) is 9.67. The van der Waals surface area contributed by atoms with Crippen LogP contribution in [-0.2, 0) is 11.2 Å². The highest BCUT2D eigenvalue weighted by atomic mass is 16.6. The number of pyridine rings is 1. The van der Waals surface area contributed by atoms with Crippen LogP contribution in [0.3, 0.4) is 0 Å². The SMILES string of the molecule is CCc1c(C#N)c(C)nc(N(C)CCN2CCC(O)(CNC(=O)OC(C)(C)C)CC2)c1C#N. The molecule has 33 heavy (non-hydrogen) atoms. The van der Waals surface area contributed by atoms with Gasteiger partial charge in [-0.2, -0.15) is 10.5 Å². The number of hydrogen-bond acceptors (Lipinski definition) is 8. The third-order valence-electron chi connectivity index (χ3n) is 5.90. The summed E-state index contributed by atoms with van der Waals surface area (Å²) in [6, 6.07) is 4.41. The topological polar surface area (TPSA) is 126 Å². The molecule has 9 nitrogen and oxygen atoms in total. The van der Waals surface area contributed by atoms with Gasteiger partial charge in [0.1, 0.15) is 23.6 Å². The number of carbonyl (C=O) groups excluding carboxylic acids is 1. The Kier molecular flexibility index (Phi) is 8.65. The maximum Gasteiger partial charge on any atom is 0.407 e. The summed E-state index contributed by atoms with van der Waals surface area (Å²) < 4.78 is 5.24. The monoisotopic (exact) mass is 456 g/mol. The van der Waals surface area contributed by atoms with Gasteiger partial charge in [0.25, 0.3) is 0 Å². The molecule has 1 aliphatic rings. The maximum atomic E-state index is 11.9. The van der Waals surface area contributed by atoms with Crippen molar-refractivity contribution in [3.8, 4) is 12.1 Å². The lowest BCUT2D eigenvalue weighted by molar-refractivity contribution is -0.0222. The number of anilines is 1. The number of hydrogen-bond donors (Lipinski definition) is 2. The van der Waals surface area contributed by atoms with E-state index in [9.17, 15) is 20.4 Å². The molecule has 9 heteroatoms. The lowest BCUT2D eigenvalue weighted by atomic mass is 9.91. The first kappa shape index (κ1) is 26.4. The van der Waals surface area contributed by atoms with E-state index < -0.39 is 17.3 Å². The van der Waals surface area contributed by atoms with Crippen LogP contribution in [-0.4, -0.2) is 72.1 Å². The molecule has 0 saturated carbocycles. The summed E-state index contributed by atoms with van der Waals surface area (Å²) in [6.45, 7) is 12.1. The van der Waals surface area contributed by atoms with Crippen LogP contribution in [0.15, 0.2) is 0 Å². The molecule has 2 N–H and O–H groups in total. The van der Waals surface area contributed by atoms with E-state index in [1.807, 2.05) is 18.9 Å². The molecule has 0 radical (unpaired) electrons. The predicted molar refractivity (Wildman–Crippen MR) is 126 cm³/mol. The van der Waals surface area contributed by atoms with Gasteiger partial charge < -0.3 is 25.0 Å². The minimum absolute atomic E-state index is 0.162. The molecule has 0 unspecified atom stereocenters. The van der Waals surface area contributed by atoms with Crippen LogP contribution in [0.25, 0.3) is 0 Å². The van der Waals surface area contributed by atoms with Crippen LogP contribution >= 0.6 is 0 Å². The Morgan fingerprint density at radius 1 is 1.27 bits per heavy atom. The van der Waals surface area contributed by atoms with E-state index in [4.69, 9.17) is 4.74 Å². The molecule has 2 rings (SSSR count). The highest BCUT2D eigenvalue weighted by molar-refractivity contribution is 5.67. The number of aliphatic hydroxyl groups is 1. The number of amides is 1. The Morgan fingerprint density at radius 2 is 1.88 bits per heavy atom. The molecule has 0 bridgehead atoms. The maximum absolute atomic E-state index is 11.9. The Balaban J connectivity index is 1.93. The summed E-state index contributed by atoms with van der Waals surface area (Å²) in [5.41, 5.74) is 0.804. The molecule has 1 saturated heterocycles. The number of likely N-dealkylation sites (tertiary alicyclic amines) is 1. The standard InChI is InChI=1S/C24H36N6O3/c1-7-18-19(14-25)17(2)28-21(20(18)15-26)29(6)12-13-30-10-8-24(32,9-11-30)16-27-22(31)33-23(3,4)5/h32H,7-13,16H2,1-6H3,(H,27,31). The average molecular weight is 457 g/mol. The fourth-order valence-corrected chi connectivity index (χ4v) is 3.96. The number of rotatable bonds is 7. The van der Waals surface area contributed by atoms with Gasteiger partial charge in [-0.1, -0.05) is 6.92 Å². The number of nitrogens with zero attached hydrogens (tertiary/aromatic N) is 5. The zero-order valence-electron chi connectivity index (χ0n) is 20.7. The fourth-order valence-electron chi connectivity index (χ4n) is 3.96. The minimum Gasteiger partial charge on any atom is -0.444 e. The highest BCUT2D eigenvalue weighted by Crippen LogP contribution is 2.26. The number of nitrogens with one attached hydrogen (secondary N) is 1. The molecule has 0 spiro atoms. The van der Waals surface area contributed by atoms with Crippen molar-refractivity contribution in [2.24, 2.45) is 0 Å². The van der Waals surface area contributed by atoms with Gasteiger partial charge in [-0.25, -0.2) is 9.78 Å². The number of aromatic nitrogens is 1. The van der Waals surface area contributed by atoms with Gasteiger partial charge in [-0.15, -0.1) is 0 Å². The summed E-state index contributed by atoms with van der Waals surface area (Å²) in [5.74, 6) is 0.598. The predicted octanol–water partition coefficient (Wildman–Crippen LogP) is 2.48. The van der Waals surface area contributed by atoms with Crippen LogP contribution < -0.4 is 10.2 Å². The van der Waals surface area contributed by atoms with Gasteiger partial charge in [0, 0.05) is 39.8 Å². The molecule has 0 atom stereocenters. The Bertz CT molecular complexity index is 933. The van der Waals surface area contributed by atoms with E-state index in [1.54, 1.807) is 27.7 Å². The number of piperidine rings is 1. The number of likely N-dealkylation sites (N-methyl/N-ethyl adjacent to an activating group) is 1. The summed E-state index contributed by atoms with van der Waals surface area (Å²) in [5, 5.41) is 32.6. The van der Waals surface area contributed by atoms with Gasteiger partial charge in [0.2, 0.25) is 0 Å². The van der Waals surface area contributed by atoms with Gasteiger partial charge in [0.15, 0.2) is 0 Å². The molecule has 0 aliphatic carbocycles. The number of ether oxygens (including phenoxy) is 1. The molecule has 1 amide bonds. The summed E-state index contributed by atoms with van der Waals surface area (Å²) in [4.78, 5) is 20.6. The van der Waals surface area contributed by atoms with Crippen molar-refractivity contribution in [1.82, 2.24) is 15.2 Å². The number of aryl methyl sites for hydroxylation is 1. The molecular weight excluding hydrogens is 420 g/mol. The zero-order chi connectivity index (χ0) is 24.8. The van der Waals surface area contributed by atoms with E-state index in [0.717, 1.165) is 12.1 Å². The molecule has 2 heterocycles. The Morgan fingerprint density at radius 3 is 2.39 bits per heavy atom. The highest BCUT2D eigenvalue weighted by Gasteiger charge is 2.33. The number of alkyl carbamates (subject to hydrolysis) is 1. The molecule has 1 aromatic heterocycles. The van der Waals surface area contributed by atoms with Crippen molar-refractivity contribution in [2.75, 3.05) is 44.7 Å². The minimum atomic E-state index is -0.949. The first-order chi connectivity index (χ1) is 15.4. The van der Waals surface area contributed by atoms with Crippen LogP contribution in [0.5, 0.6) is 0 Å². The fraction of sp³-hybridized carbons (Fsp3) is 0.667. The van der Waals surface area contributed by atoms with Crippen LogP contribution in [0, 0.1) is 29.6 Å². The average Bonchev–Trinajstić information content (AvgIpc) is 2.75. The number of nitriles is 2. The second-order valence-electron chi connectivity index (χ2n) is 9.67. The second kappa shape index (κ2) is 10.8. The van der Waals surface area contributed by atoms with E-state index in [2.05, 4.69) is 27.3 Å². The van der Waals surface area contributed by atoms with Crippen LogP contribution in [0.1, 0.15) is 62.9 Å². The largest absolute Gasteiger partial charge is 0.444 e. The molecule has 1 aliphatic heterocycles.